The minimum absolute atomic E-state index is 0.241. The summed E-state index contributed by atoms with van der Waals surface area (Å²) in [6.45, 7) is 0. The summed E-state index contributed by atoms with van der Waals surface area (Å²) < 4.78 is 44.6. The van der Waals surface area contributed by atoms with Gasteiger partial charge in [0.05, 0.1) is 17.5 Å². The molecular formula is C18H12BrF3N2O. The van der Waals surface area contributed by atoms with E-state index in [4.69, 9.17) is 4.42 Å². The second-order valence-corrected chi connectivity index (χ2v) is 6.07. The van der Waals surface area contributed by atoms with E-state index in [1.54, 1.807) is 12.1 Å². The van der Waals surface area contributed by atoms with E-state index in [1.165, 1.54) is 18.3 Å². The number of furan rings is 1. The maximum absolute atomic E-state index is 12.7. The first-order valence-electron chi connectivity index (χ1n) is 7.24. The Morgan fingerprint density at radius 1 is 1.00 bits per heavy atom. The van der Waals surface area contributed by atoms with E-state index >= 15 is 0 Å². The number of benzene rings is 2. The number of hydrogen-bond donors (Lipinski definition) is 1. The highest BCUT2D eigenvalue weighted by molar-refractivity contribution is 9.10. The summed E-state index contributed by atoms with van der Waals surface area (Å²) in [4.78, 5) is 0. The largest absolute Gasteiger partial charge is 0.455 e. The van der Waals surface area contributed by atoms with Gasteiger partial charge in [0.1, 0.15) is 11.5 Å². The number of rotatable bonds is 4. The van der Waals surface area contributed by atoms with Crippen LogP contribution in [0.3, 0.4) is 0 Å². The Kier molecular flexibility index (Phi) is 4.94. The summed E-state index contributed by atoms with van der Waals surface area (Å²) >= 11 is 3.37. The van der Waals surface area contributed by atoms with Gasteiger partial charge in [0.2, 0.25) is 0 Å². The Morgan fingerprint density at radius 2 is 1.76 bits per heavy atom. The molecule has 7 heteroatoms. The van der Waals surface area contributed by atoms with Gasteiger partial charge in [-0.25, -0.2) is 0 Å². The highest BCUT2D eigenvalue weighted by Gasteiger charge is 2.30. The average molecular weight is 409 g/mol. The van der Waals surface area contributed by atoms with Crippen LogP contribution < -0.4 is 5.43 Å². The van der Waals surface area contributed by atoms with Crippen molar-refractivity contribution in [3.05, 3.63) is 76.5 Å². The van der Waals surface area contributed by atoms with Crippen molar-refractivity contribution in [3.63, 3.8) is 0 Å². The third-order valence-corrected chi connectivity index (χ3v) is 3.86. The third kappa shape index (κ3) is 4.51. The maximum atomic E-state index is 12.7. The summed E-state index contributed by atoms with van der Waals surface area (Å²) in [6.07, 6.45) is -2.98. The molecule has 0 aliphatic heterocycles. The molecule has 1 N–H and O–H groups in total. The predicted molar refractivity (Wildman–Crippen MR) is 94.5 cm³/mol. The lowest BCUT2D eigenvalue weighted by Gasteiger charge is -2.07. The fourth-order valence-electron chi connectivity index (χ4n) is 2.13. The zero-order valence-electron chi connectivity index (χ0n) is 12.7. The molecule has 0 saturated heterocycles. The van der Waals surface area contributed by atoms with Crippen LogP contribution in [-0.2, 0) is 6.18 Å². The van der Waals surface area contributed by atoms with Crippen molar-refractivity contribution in [1.82, 2.24) is 0 Å². The van der Waals surface area contributed by atoms with E-state index < -0.39 is 11.7 Å². The molecule has 0 aliphatic carbocycles. The van der Waals surface area contributed by atoms with Crippen LogP contribution >= 0.6 is 15.9 Å². The molecule has 3 aromatic rings. The summed E-state index contributed by atoms with van der Waals surface area (Å²) in [6, 6.07) is 16.0. The van der Waals surface area contributed by atoms with Gasteiger partial charge in [-0.3, -0.25) is 5.43 Å². The van der Waals surface area contributed by atoms with Gasteiger partial charge < -0.3 is 4.42 Å². The lowest BCUT2D eigenvalue weighted by molar-refractivity contribution is -0.137. The number of anilines is 1. The van der Waals surface area contributed by atoms with Crippen molar-refractivity contribution in [2.75, 3.05) is 5.43 Å². The van der Waals surface area contributed by atoms with Crippen molar-refractivity contribution in [1.29, 1.82) is 0 Å². The van der Waals surface area contributed by atoms with E-state index in [0.717, 1.165) is 22.2 Å². The first kappa shape index (κ1) is 17.3. The highest BCUT2D eigenvalue weighted by Crippen LogP contribution is 2.30. The molecule has 0 spiro atoms. The normalized spacial score (nSPS) is 11.8. The Bertz CT molecular complexity index is 886. The van der Waals surface area contributed by atoms with Gasteiger partial charge in [0, 0.05) is 10.0 Å². The van der Waals surface area contributed by atoms with Crippen molar-refractivity contribution < 1.29 is 17.6 Å². The molecule has 128 valence electrons. The lowest BCUT2D eigenvalue weighted by atomic mass is 10.2. The number of nitrogens with one attached hydrogen (secondary N) is 1. The fraction of sp³-hybridized carbons (Fsp3) is 0.0556. The number of halogens is 4. The Balaban J connectivity index is 1.68. The fourth-order valence-corrected chi connectivity index (χ4v) is 2.39. The topological polar surface area (TPSA) is 37.5 Å². The number of hydrogen-bond acceptors (Lipinski definition) is 3. The Labute approximate surface area is 150 Å². The predicted octanol–water partition coefficient (Wildman–Crippen LogP) is 6.17. The number of alkyl halides is 3. The zero-order chi connectivity index (χ0) is 17.9. The van der Waals surface area contributed by atoms with Gasteiger partial charge >= 0.3 is 6.18 Å². The van der Waals surface area contributed by atoms with E-state index in [-0.39, 0.29) is 5.69 Å². The van der Waals surface area contributed by atoms with Crippen molar-refractivity contribution in [3.8, 4) is 11.3 Å². The average Bonchev–Trinajstić information content (AvgIpc) is 3.04. The highest BCUT2D eigenvalue weighted by atomic mass is 79.9. The lowest BCUT2D eigenvalue weighted by Crippen LogP contribution is -2.05. The van der Waals surface area contributed by atoms with Crippen LogP contribution in [0.2, 0.25) is 0 Å². The van der Waals surface area contributed by atoms with Gasteiger partial charge in [-0.2, -0.15) is 18.3 Å². The smallest absolute Gasteiger partial charge is 0.416 e. The van der Waals surface area contributed by atoms with Crippen LogP contribution in [0.5, 0.6) is 0 Å². The molecule has 0 radical (unpaired) electrons. The first-order valence-corrected chi connectivity index (χ1v) is 8.03. The minimum atomic E-state index is -4.39. The Morgan fingerprint density at radius 3 is 2.48 bits per heavy atom. The molecule has 0 saturated carbocycles. The second-order valence-electron chi connectivity index (χ2n) is 5.16. The SMILES string of the molecule is FC(F)(F)c1cccc(NN=Cc2ccc(-c3ccc(Br)cc3)o2)c1. The molecule has 2 aromatic carbocycles. The Hall–Kier alpha value is -2.54. The standard InChI is InChI=1S/C18H12BrF3N2O/c19-14-6-4-12(5-7-14)17-9-8-16(25-17)11-23-24-15-3-1-2-13(10-15)18(20,21)22/h1-11,24H. The van der Waals surface area contributed by atoms with Crippen LogP contribution in [0.15, 0.2) is 74.7 Å². The summed E-state index contributed by atoms with van der Waals surface area (Å²) in [5.74, 6) is 1.16. The summed E-state index contributed by atoms with van der Waals surface area (Å²) in [5, 5.41) is 3.91. The summed E-state index contributed by atoms with van der Waals surface area (Å²) in [5.41, 5.74) is 2.98. The number of hydrazone groups is 1. The van der Waals surface area contributed by atoms with Gasteiger partial charge in [-0.15, -0.1) is 0 Å². The number of nitrogens with zero attached hydrogens (tertiary/aromatic N) is 1. The van der Waals surface area contributed by atoms with Crippen LogP contribution in [-0.4, -0.2) is 6.21 Å². The molecule has 0 bridgehead atoms. The monoisotopic (exact) mass is 408 g/mol. The van der Waals surface area contributed by atoms with Gasteiger partial charge in [-0.1, -0.05) is 34.1 Å². The third-order valence-electron chi connectivity index (χ3n) is 3.33. The van der Waals surface area contributed by atoms with Crippen LogP contribution in [0.25, 0.3) is 11.3 Å². The molecule has 3 nitrogen and oxygen atoms in total. The summed E-state index contributed by atoms with van der Waals surface area (Å²) in [7, 11) is 0. The quantitative estimate of drug-likeness (QED) is 0.413. The molecule has 0 atom stereocenters. The van der Waals surface area contributed by atoms with Crippen molar-refractivity contribution in [2.24, 2.45) is 5.10 Å². The molecule has 0 unspecified atom stereocenters. The molecule has 3 rings (SSSR count). The van der Waals surface area contributed by atoms with E-state index in [1.807, 2.05) is 24.3 Å². The minimum Gasteiger partial charge on any atom is -0.455 e. The van der Waals surface area contributed by atoms with Crippen molar-refractivity contribution >= 4 is 27.8 Å². The maximum Gasteiger partial charge on any atom is 0.416 e. The molecular weight excluding hydrogens is 397 g/mol. The van der Waals surface area contributed by atoms with Gasteiger partial charge in [0.15, 0.2) is 0 Å². The van der Waals surface area contributed by atoms with E-state index in [2.05, 4.69) is 26.5 Å². The molecule has 25 heavy (non-hydrogen) atoms. The zero-order valence-corrected chi connectivity index (χ0v) is 14.3. The van der Waals surface area contributed by atoms with E-state index in [9.17, 15) is 13.2 Å². The first-order chi connectivity index (χ1) is 11.9. The second kappa shape index (κ2) is 7.14. The van der Waals surface area contributed by atoms with Gasteiger partial charge in [-0.05, 0) is 42.5 Å². The van der Waals surface area contributed by atoms with Crippen LogP contribution in [0.1, 0.15) is 11.3 Å². The van der Waals surface area contributed by atoms with E-state index in [0.29, 0.717) is 11.5 Å². The molecule has 1 heterocycles. The molecule has 0 amide bonds. The molecule has 0 fully saturated rings. The van der Waals surface area contributed by atoms with Gasteiger partial charge in [0.25, 0.3) is 0 Å². The van der Waals surface area contributed by atoms with Crippen molar-refractivity contribution in [2.45, 2.75) is 6.18 Å². The van der Waals surface area contributed by atoms with Crippen LogP contribution in [0.4, 0.5) is 18.9 Å². The molecule has 0 aliphatic rings. The molecule has 1 aromatic heterocycles. The van der Waals surface area contributed by atoms with Crippen LogP contribution in [0, 0.1) is 0 Å².